The lowest BCUT2D eigenvalue weighted by Gasteiger charge is -2.56. The number of aliphatic hydroxyl groups is 2. The molecule has 4 aliphatic rings. The highest BCUT2D eigenvalue weighted by Crippen LogP contribution is 2.64. The Morgan fingerprint density at radius 2 is 1.87 bits per heavy atom. The highest BCUT2D eigenvalue weighted by atomic mass is 16.3. The smallest absolute Gasteiger partial charge is 0.168 e. The predicted molar refractivity (Wildman–Crippen MR) is 88.8 cm³/mol. The normalized spacial score (nSPS) is 51.0. The minimum Gasteiger partial charge on any atom is -0.515 e. The summed E-state index contributed by atoms with van der Waals surface area (Å²) in [5, 5.41) is 19.5. The summed E-state index contributed by atoms with van der Waals surface area (Å²) in [6.45, 7) is 4.52. The molecule has 23 heavy (non-hydrogen) atoms. The Bertz CT molecular complexity index is 604. The molecule has 3 saturated carbocycles. The number of aliphatic hydroxyl groups excluding tert-OH is 2. The van der Waals surface area contributed by atoms with E-state index in [0.29, 0.717) is 23.3 Å². The number of allylic oxidation sites excluding steroid dienone is 2. The lowest BCUT2D eigenvalue weighted by Crippen LogP contribution is -2.50. The van der Waals surface area contributed by atoms with E-state index in [0.717, 1.165) is 51.2 Å². The van der Waals surface area contributed by atoms with Crippen molar-refractivity contribution in [1.29, 1.82) is 0 Å². The lowest BCUT2D eigenvalue weighted by molar-refractivity contribution is -0.130. The van der Waals surface area contributed by atoms with Crippen molar-refractivity contribution in [2.45, 2.75) is 64.9 Å². The molecule has 6 atom stereocenters. The molecule has 0 aliphatic heterocycles. The second-order valence-electron chi connectivity index (χ2n) is 8.80. The van der Waals surface area contributed by atoms with Gasteiger partial charge in [-0.05, 0) is 68.1 Å². The molecular weight excluding hydrogens is 288 g/mol. The number of hydrogen-bond acceptors (Lipinski definition) is 3. The molecule has 0 aromatic carbocycles. The van der Waals surface area contributed by atoms with Crippen LogP contribution in [-0.4, -0.2) is 22.1 Å². The van der Waals surface area contributed by atoms with Gasteiger partial charge in [0.1, 0.15) is 0 Å². The fraction of sp³-hybridized carbons (Fsp3) is 0.750. The van der Waals surface area contributed by atoms with E-state index >= 15 is 0 Å². The molecule has 3 nitrogen and oxygen atoms in total. The predicted octanol–water partition coefficient (Wildman–Crippen LogP) is 3.93. The van der Waals surface area contributed by atoms with Gasteiger partial charge >= 0.3 is 0 Å². The molecule has 126 valence electrons. The van der Waals surface area contributed by atoms with E-state index in [-0.39, 0.29) is 22.7 Å². The molecule has 0 unspecified atom stereocenters. The third-order valence-electron chi connectivity index (χ3n) is 7.87. The molecule has 0 aromatic heterocycles. The van der Waals surface area contributed by atoms with Crippen molar-refractivity contribution in [1.82, 2.24) is 0 Å². The van der Waals surface area contributed by atoms with E-state index in [1.807, 2.05) is 0 Å². The summed E-state index contributed by atoms with van der Waals surface area (Å²) in [6.07, 6.45) is 9.90. The molecule has 4 rings (SSSR count). The van der Waals surface area contributed by atoms with Gasteiger partial charge < -0.3 is 10.2 Å². The van der Waals surface area contributed by atoms with Crippen LogP contribution in [0.3, 0.4) is 0 Å². The Hall–Kier alpha value is -1.09. The zero-order valence-electron chi connectivity index (χ0n) is 14.2. The van der Waals surface area contributed by atoms with E-state index in [1.165, 1.54) is 5.57 Å². The number of Topliss-reactive ketones (excluding diaryl/α,β-unsaturated/α-hetero) is 1. The first-order valence-corrected chi connectivity index (χ1v) is 9.16. The molecule has 0 amide bonds. The van der Waals surface area contributed by atoms with Gasteiger partial charge in [-0.15, -0.1) is 0 Å². The minimum absolute atomic E-state index is 0.170. The Labute approximate surface area is 138 Å². The Morgan fingerprint density at radius 1 is 1.13 bits per heavy atom. The summed E-state index contributed by atoms with van der Waals surface area (Å²) in [6, 6.07) is 0. The molecule has 0 aromatic rings. The van der Waals surface area contributed by atoms with Gasteiger partial charge in [0.15, 0.2) is 5.78 Å². The third-order valence-corrected chi connectivity index (χ3v) is 7.87. The quantitative estimate of drug-likeness (QED) is 0.404. The fourth-order valence-corrected chi connectivity index (χ4v) is 6.43. The molecule has 3 fully saturated rings. The van der Waals surface area contributed by atoms with Crippen LogP contribution in [0, 0.1) is 28.6 Å². The second-order valence-corrected chi connectivity index (χ2v) is 8.80. The monoisotopic (exact) mass is 316 g/mol. The average molecular weight is 316 g/mol. The number of rotatable bonds is 0. The molecule has 0 heterocycles. The summed E-state index contributed by atoms with van der Waals surface area (Å²) in [7, 11) is 0. The molecule has 2 N–H and O–H groups in total. The van der Waals surface area contributed by atoms with Crippen molar-refractivity contribution in [2.75, 3.05) is 0 Å². The van der Waals surface area contributed by atoms with Gasteiger partial charge in [0.25, 0.3) is 0 Å². The Balaban J connectivity index is 1.71. The summed E-state index contributed by atoms with van der Waals surface area (Å²) in [4.78, 5) is 12.7. The van der Waals surface area contributed by atoms with Crippen LogP contribution in [0.4, 0.5) is 0 Å². The fourth-order valence-electron chi connectivity index (χ4n) is 6.43. The van der Waals surface area contributed by atoms with E-state index in [2.05, 4.69) is 19.9 Å². The first kappa shape index (κ1) is 15.4. The second kappa shape index (κ2) is 4.95. The summed E-state index contributed by atoms with van der Waals surface area (Å²) >= 11 is 0. The number of hydrogen-bond donors (Lipinski definition) is 2. The lowest BCUT2D eigenvalue weighted by atomic mass is 9.48. The number of carbonyl (C=O) groups excluding carboxylic acids is 1. The zero-order chi connectivity index (χ0) is 16.4. The molecule has 0 spiro atoms. The van der Waals surface area contributed by atoms with Gasteiger partial charge in [0, 0.05) is 11.0 Å². The maximum Gasteiger partial charge on any atom is 0.168 e. The van der Waals surface area contributed by atoms with Gasteiger partial charge in [-0.3, -0.25) is 4.79 Å². The van der Waals surface area contributed by atoms with E-state index in [9.17, 15) is 15.0 Å². The van der Waals surface area contributed by atoms with Crippen LogP contribution in [0.1, 0.15) is 58.8 Å². The molecule has 0 bridgehead atoms. The van der Waals surface area contributed by atoms with Crippen LogP contribution < -0.4 is 0 Å². The van der Waals surface area contributed by atoms with E-state index in [4.69, 9.17) is 0 Å². The summed E-state index contributed by atoms with van der Waals surface area (Å²) < 4.78 is 0. The van der Waals surface area contributed by atoms with Gasteiger partial charge in [0.2, 0.25) is 0 Å². The number of ketones is 1. The van der Waals surface area contributed by atoms with Crippen molar-refractivity contribution >= 4 is 5.78 Å². The molecule has 4 aliphatic carbocycles. The third kappa shape index (κ3) is 1.95. The largest absolute Gasteiger partial charge is 0.515 e. The Kier molecular flexibility index (Phi) is 3.32. The van der Waals surface area contributed by atoms with Gasteiger partial charge in [-0.25, -0.2) is 0 Å². The highest BCUT2D eigenvalue weighted by molar-refractivity contribution is 6.02. The van der Waals surface area contributed by atoms with Crippen LogP contribution in [0.25, 0.3) is 0 Å². The average Bonchev–Trinajstić information content (AvgIpc) is 2.79. The minimum atomic E-state index is -0.272. The first-order valence-electron chi connectivity index (χ1n) is 9.16. The zero-order valence-corrected chi connectivity index (χ0v) is 14.2. The number of carbonyl (C=O) groups is 1. The van der Waals surface area contributed by atoms with Crippen molar-refractivity contribution in [3.63, 3.8) is 0 Å². The van der Waals surface area contributed by atoms with E-state index in [1.54, 1.807) is 0 Å². The van der Waals surface area contributed by atoms with E-state index < -0.39 is 0 Å². The molecule has 0 saturated heterocycles. The topological polar surface area (TPSA) is 57.5 Å². The molecule has 0 radical (unpaired) electrons. The molecule has 3 heteroatoms. The van der Waals surface area contributed by atoms with Crippen LogP contribution in [0.5, 0.6) is 0 Å². The van der Waals surface area contributed by atoms with Crippen LogP contribution in [0.2, 0.25) is 0 Å². The first-order chi connectivity index (χ1) is 10.9. The maximum absolute atomic E-state index is 12.7. The van der Waals surface area contributed by atoms with Crippen molar-refractivity contribution in [3.05, 3.63) is 23.5 Å². The maximum atomic E-state index is 12.7. The van der Waals surface area contributed by atoms with Gasteiger partial charge in [-0.1, -0.05) is 25.5 Å². The van der Waals surface area contributed by atoms with Crippen LogP contribution in [-0.2, 0) is 4.79 Å². The summed E-state index contributed by atoms with van der Waals surface area (Å²) in [5.74, 6) is 1.72. The number of fused-ring (bicyclic) bond motifs is 5. The van der Waals surface area contributed by atoms with Crippen LogP contribution in [0.15, 0.2) is 23.5 Å². The Morgan fingerprint density at radius 3 is 2.61 bits per heavy atom. The SMILES string of the molecule is C[C@]12CC[C@H](O)CC1=CC[C@@H]1[C@@H]2CC[C@]2(C)C(=O)/C(=C/O)C[C@@H]12. The summed E-state index contributed by atoms with van der Waals surface area (Å²) in [5.41, 5.74) is 2.03. The van der Waals surface area contributed by atoms with Gasteiger partial charge in [0.05, 0.1) is 12.4 Å². The van der Waals surface area contributed by atoms with Crippen LogP contribution >= 0.6 is 0 Å². The van der Waals surface area contributed by atoms with Crippen molar-refractivity contribution in [3.8, 4) is 0 Å². The highest BCUT2D eigenvalue weighted by Gasteiger charge is 2.59. The van der Waals surface area contributed by atoms with Crippen molar-refractivity contribution in [2.24, 2.45) is 28.6 Å². The van der Waals surface area contributed by atoms with Crippen molar-refractivity contribution < 1.29 is 15.0 Å². The standard InChI is InChI=1S/C20H28O3/c1-19-7-5-14(22)10-13(19)3-4-15-16(19)6-8-20(2)17(15)9-12(11-21)18(20)23/h3,11,14-17,21-22H,4-10H2,1-2H3/b12-11+/t14-,15+,16-,17-,19-,20-/m0/s1. The van der Waals surface area contributed by atoms with Gasteiger partial charge in [-0.2, -0.15) is 0 Å². The molecular formula is C20H28O3.